The number of carbonyl (C=O) groups is 2. The van der Waals surface area contributed by atoms with Crippen molar-refractivity contribution in [1.82, 2.24) is 5.32 Å². The van der Waals surface area contributed by atoms with Gasteiger partial charge in [-0.15, -0.1) is 0 Å². The molecule has 2 aromatic rings. The van der Waals surface area contributed by atoms with Gasteiger partial charge in [-0.05, 0) is 36.2 Å². The average Bonchev–Trinajstić information content (AvgIpc) is 3.46. The van der Waals surface area contributed by atoms with Gasteiger partial charge >= 0.3 is 22.5 Å². The Morgan fingerprint density at radius 3 is 2.56 bits per heavy atom. The molecule has 13 heteroatoms. The predicted octanol–water partition coefficient (Wildman–Crippen LogP) is 1.89. The zero-order valence-electron chi connectivity index (χ0n) is 19.2. The van der Waals surface area contributed by atoms with Gasteiger partial charge in [0.1, 0.15) is 18.3 Å². The van der Waals surface area contributed by atoms with Gasteiger partial charge in [-0.2, -0.15) is 8.42 Å². The van der Waals surface area contributed by atoms with Crippen LogP contribution in [0.2, 0.25) is 0 Å². The van der Waals surface area contributed by atoms with E-state index in [0.717, 1.165) is 0 Å². The quantitative estimate of drug-likeness (QED) is 0.576. The molecule has 0 aromatic heterocycles. The highest BCUT2D eigenvalue weighted by atomic mass is 32.3. The Morgan fingerprint density at radius 2 is 1.83 bits per heavy atom. The molecule has 1 aliphatic carbocycles. The molecular formula is C23H23NO11S. The van der Waals surface area contributed by atoms with E-state index in [4.69, 9.17) is 32.1 Å². The third-order valence-corrected chi connectivity index (χ3v) is 7.18. The topological polar surface area (TPSA) is 145 Å². The van der Waals surface area contributed by atoms with Crippen LogP contribution in [0.3, 0.4) is 0 Å². The Kier molecular flexibility index (Phi) is 6.36. The standard InChI is InChI=1S/C23H23NO11S/c1-29-15-8-13(9-16-19(15)32-11-31-16)18-14(24-23(26)30-2)10-17-20(35-36(27,28)34-17)21(18)33-22(25)12-6-4-3-5-7-12/h3-9,14,17-18,20-21H,10-11H2,1-2H3,(H,24,26)/t14-,17+,18+,20+,21+/m0/s1. The van der Waals surface area contributed by atoms with E-state index in [-0.39, 0.29) is 18.8 Å². The maximum absolute atomic E-state index is 13.1. The predicted molar refractivity (Wildman–Crippen MR) is 120 cm³/mol. The minimum absolute atomic E-state index is 0.0179. The molecule has 1 N–H and O–H groups in total. The first kappa shape index (κ1) is 24.2. The molecule has 5 rings (SSSR count). The smallest absolute Gasteiger partial charge is 0.407 e. The minimum atomic E-state index is -4.35. The fourth-order valence-corrected chi connectivity index (χ4v) is 5.77. The highest BCUT2D eigenvalue weighted by Crippen LogP contribution is 2.48. The summed E-state index contributed by atoms with van der Waals surface area (Å²) in [6, 6.07) is 10.7. The maximum Gasteiger partial charge on any atom is 0.407 e. The summed E-state index contributed by atoms with van der Waals surface area (Å²) in [5.74, 6) is -0.383. The lowest BCUT2D eigenvalue weighted by Gasteiger charge is -2.42. The number of carbonyl (C=O) groups excluding carboxylic acids is 2. The molecule has 36 heavy (non-hydrogen) atoms. The van der Waals surface area contributed by atoms with Crippen LogP contribution in [0.4, 0.5) is 4.79 Å². The largest absolute Gasteiger partial charge is 0.493 e. The van der Waals surface area contributed by atoms with Crippen molar-refractivity contribution in [3.8, 4) is 17.2 Å². The van der Waals surface area contributed by atoms with Gasteiger partial charge in [0.15, 0.2) is 11.5 Å². The molecule has 0 radical (unpaired) electrons. The fourth-order valence-electron chi connectivity index (χ4n) is 4.73. The highest BCUT2D eigenvalue weighted by molar-refractivity contribution is 7.82. The molecule has 0 bridgehead atoms. The molecule has 2 aromatic carbocycles. The molecule has 192 valence electrons. The highest BCUT2D eigenvalue weighted by Gasteiger charge is 2.56. The van der Waals surface area contributed by atoms with Crippen LogP contribution in [0.25, 0.3) is 0 Å². The second kappa shape index (κ2) is 9.48. The number of alkyl carbamates (subject to hydrolysis) is 1. The van der Waals surface area contributed by atoms with Crippen molar-refractivity contribution in [2.45, 2.75) is 36.7 Å². The molecule has 2 fully saturated rings. The van der Waals surface area contributed by atoms with Gasteiger partial charge in [0.2, 0.25) is 12.5 Å². The van der Waals surface area contributed by atoms with Crippen molar-refractivity contribution >= 4 is 22.5 Å². The SMILES string of the molecule is COC(=O)N[C@H]1C[C@H]2OS(=O)(=O)O[C@H]2[C@H](OC(=O)c2ccccc2)[C@@H]1c1cc(OC)c2c(c1)OCO2. The summed E-state index contributed by atoms with van der Waals surface area (Å²) in [6.07, 6.45) is -4.11. The van der Waals surface area contributed by atoms with Crippen molar-refractivity contribution in [2.75, 3.05) is 21.0 Å². The van der Waals surface area contributed by atoms with Gasteiger partial charge in [0.25, 0.3) is 0 Å². The monoisotopic (exact) mass is 521 g/mol. The molecular weight excluding hydrogens is 498 g/mol. The summed E-state index contributed by atoms with van der Waals surface area (Å²) >= 11 is 0. The van der Waals surface area contributed by atoms with Crippen LogP contribution < -0.4 is 19.5 Å². The first-order valence-electron chi connectivity index (χ1n) is 11.0. The Bertz CT molecular complexity index is 1270. The number of benzene rings is 2. The summed E-state index contributed by atoms with van der Waals surface area (Å²) < 4.78 is 61.9. The van der Waals surface area contributed by atoms with Crippen LogP contribution in [0, 0.1) is 0 Å². The number of fused-ring (bicyclic) bond motifs is 2. The third kappa shape index (κ3) is 4.52. The van der Waals surface area contributed by atoms with E-state index >= 15 is 0 Å². The summed E-state index contributed by atoms with van der Waals surface area (Å²) in [5.41, 5.74) is 0.774. The third-order valence-electron chi connectivity index (χ3n) is 6.24. The lowest BCUT2D eigenvalue weighted by Crippen LogP contribution is -2.57. The number of ether oxygens (including phenoxy) is 5. The average molecular weight is 522 g/mol. The molecule has 12 nitrogen and oxygen atoms in total. The van der Waals surface area contributed by atoms with Gasteiger partial charge in [-0.3, -0.25) is 0 Å². The van der Waals surface area contributed by atoms with E-state index < -0.39 is 52.7 Å². The number of hydrogen-bond acceptors (Lipinski definition) is 11. The van der Waals surface area contributed by atoms with Crippen molar-refractivity contribution in [3.63, 3.8) is 0 Å². The molecule has 5 atom stereocenters. The number of esters is 1. The zero-order valence-corrected chi connectivity index (χ0v) is 20.1. The Balaban J connectivity index is 1.60. The summed E-state index contributed by atoms with van der Waals surface area (Å²) in [7, 11) is -1.70. The molecule has 2 heterocycles. The van der Waals surface area contributed by atoms with Crippen LogP contribution >= 0.6 is 0 Å². The fraction of sp³-hybridized carbons (Fsp3) is 0.391. The lowest BCUT2D eigenvalue weighted by molar-refractivity contribution is -0.0568. The number of amides is 1. The van der Waals surface area contributed by atoms with Crippen LogP contribution in [-0.2, 0) is 28.2 Å². The number of methoxy groups -OCH3 is 2. The van der Waals surface area contributed by atoms with Crippen LogP contribution in [0.15, 0.2) is 42.5 Å². The first-order valence-corrected chi connectivity index (χ1v) is 12.3. The van der Waals surface area contributed by atoms with E-state index in [0.29, 0.717) is 22.8 Å². The first-order chi connectivity index (χ1) is 17.3. The second-order valence-electron chi connectivity index (χ2n) is 8.30. The number of hydrogen-bond donors (Lipinski definition) is 1. The number of nitrogens with one attached hydrogen (secondary N) is 1. The van der Waals surface area contributed by atoms with Crippen LogP contribution in [0.5, 0.6) is 17.2 Å². The second-order valence-corrected chi connectivity index (χ2v) is 9.50. The van der Waals surface area contributed by atoms with E-state index in [2.05, 4.69) is 5.32 Å². The molecule has 3 aliphatic rings. The zero-order chi connectivity index (χ0) is 25.4. The Hall–Kier alpha value is -3.55. The Morgan fingerprint density at radius 1 is 1.06 bits per heavy atom. The van der Waals surface area contributed by atoms with Crippen molar-refractivity contribution in [1.29, 1.82) is 0 Å². The molecule has 2 aliphatic heterocycles. The summed E-state index contributed by atoms with van der Waals surface area (Å²) in [4.78, 5) is 25.3. The Labute approximate surface area is 206 Å². The lowest BCUT2D eigenvalue weighted by atomic mass is 9.74. The molecule has 0 unspecified atom stereocenters. The van der Waals surface area contributed by atoms with Gasteiger partial charge in [-0.25, -0.2) is 18.0 Å². The number of rotatable bonds is 5. The van der Waals surface area contributed by atoms with E-state index in [1.54, 1.807) is 42.5 Å². The summed E-state index contributed by atoms with van der Waals surface area (Å²) in [6.45, 7) is -0.0179. The molecule has 1 saturated carbocycles. The van der Waals surface area contributed by atoms with Crippen LogP contribution in [0.1, 0.15) is 28.3 Å². The van der Waals surface area contributed by atoms with Gasteiger partial charge in [0, 0.05) is 12.0 Å². The van der Waals surface area contributed by atoms with Crippen LogP contribution in [-0.4, -0.2) is 65.8 Å². The molecule has 0 spiro atoms. The van der Waals surface area contributed by atoms with Gasteiger partial charge < -0.3 is 29.0 Å². The van der Waals surface area contributed by atoms with Crippen molar-refractivity contribution in [2.24, 2.45) is 0 Å². The van der Waals surface area contributed by atoms with Crippen molar-refractivity contribution < 1.29 is 50.1 Å². The maximum atomic E-state index is 13.1. The normalized spacial score (nSPS) is 27.6. The summed E-state index contributed by atoms with van der Waals surface area (Å²) in [5, 5.41) is 2.71. The van der Waals surface area contributed by atoms with E-state index in [9.17, 15) is 18.0 Å². The van der Waals surface area contributed by atoms with Gasteiger partial charge in [0.05, 0.1) is 19.8 Å². The van der Waals surface area contributed by atoms with Crippen molar-refractivity contribution in [3.05, 3.63) is 53.6 Å². The molecule has 1 amide bonds. The van der Waals surface area contributed by atoms with E-state index in [1.165, 1.54) is 14.2 Å². The van der Waals surface area contributed by atoms with E-state index in [1.807, 2.05) is 0 Å². The van der Waals surface area contributed by atoms with Gasteiger partial charge in [-0.1, -0.05) is 18.2 Å². The molecule has 1 saturated heterocycles. The minimum Gasteiger partial charge on any atom is -0.493 e.